The SMILES string of the molecule is COc1c(C)cnc(Cn2nc3c4c(nc(N(C(=O)OC(C)(C)C)C(=O)OC(C)(C)C)nc42)SCC(=O)C3)c1C. The van der Waals surface area contributed by atoms with Crippen LogP contribution in [0.15, 0.2) is 11.2 Å². The molecule has 0 saturated carbocycles. The lowest BCUT2D eigenvalue weighted by atomic mass is 10.1. The highest BCUT2D eigenvalue weighted by molar-refractivity contribution is 8.00. The van der Waals surface area contributed by atoms with Gasteiger partial charge in [-0.3, -0.25) is 9.78 Å². The van der Waals surface area contributed by atoms with Crippen molar-refractivity contribution in [2.75, 3.05) is 17.8 Å². The number of hydrogen-bond donors (Lipinski definition) is 0. The minimum Gasteiger partial charge on any atom is -0.496 e. The van der Waals surface area contributed by atoms with Gasteiger partial charge in [0.2, 0.25) is 5.95 Å². The second-order valence-electron chi connectivity index (χ2n) is 11.5. The van der Waals surface area contributed by atoms with Crippen molar-refractivity contribution >= 4 is 46.7 Å². The molecule has 214 valence electrons. The Bertz CT molecular complexity index is 1480. The average Bonchev–Trinajstić information content (AvgIpc) is 3.05. The minimum absolute atomic E-state index is 0.0291. The van der Waals surface area contributed by atoms with E-state index >= 15 is 0 Å². The summed E-state index contributed by atoms with van der Waals surface area (Å²) in [5, 5.41) is 5.72. The normalized spacial score (nSPS) is 13.7. The van der Waals surface area contributed by atoms with Crippen molar-refractivity contribution in [1.29, 1.82) is 0 Å². The number of ketones is 1. The number of amides is 2. The van der Waals surface area contributed by atoms with Crippen molar-refractivity contribution in [3.05, 3.63) is 28.7 Å². The number of hydrogen-bond acceptors (Lipinski definition) is 11. The van der Waals surface area contributed by atoms with Crippen LogP contribution in [0.4, 0.5) is 15.5 Å². The third kappa shape index (κ3) is 6.19. The van der Waals surface area contributed by atoms with Crippen LogP contribution in [0.25, 0.3) is 11.0 Å². The lowest BCUT2D eigenvalue weighted by Crippen LogP contribution is -2.44. The fraction of sp³-hybridized carbons (Fsp3) is 0.519. The Morgan fingerprint density at radius 3 is 2.25 bits per heavy atom. The molecule has 12 nitrogen and oxygen atoms in total. The van der Waals surface area contributed by atoms with Crippen LogP contribution in [0, 0.1) is 13.8 Å². The topological polar surface area (TPSA) is 139 Å². The van der Waals surface area contributed by atoms with Crippen molar-refractivity contribution in [3.63, 3.8) is 0 Å². The van der Waals surface area contributed by atoms with Gasteiger partial charge in [0, 0.05) is 17.3 Å². The first-order chi connectivity index (χ1) is 18.6. The molecule has 0 unspecified atom stereocenters. The van der Waals surface area contributed by atoms with Gasteiger partial charge in [-0.25, -0.2) is 19.3 Å². The van der Waals surface area contributed by atoms with E-state index in [9.17, 15) is 14.4 Å². The molecule has 1 aliphatic heterocycles. The van der Waals surface area contributed by atoms with Gasteiger partial charge in [0.1, 0.15) is 27.8 Å². The molecule has 0 atom stereocenters. The van der Waals surface area contributed by atoms with E-state index in [0.717, 1.165) is 11.1 Å². The van der Waals surface area contributed by atoms with Crippen LogP contribution < -0.4 is 9.64 Å². The molecule has 0 fully saturated rings. The number of anilines is 1. The molecule has 1 aliphatic rings. The zero-order valence-corrected chi connectivity index (χ0v) is 25.1. The van der Waals surface area contributed by atoms with Crippen LogP contribution in [-0.2, 0) is 27.2 Å². The minimum atomic E-state index is -0.991. The number of ether oxygens (including phenoxy) is 3. The molecule has 13 heteroatoms. The van der Waals surface area contributed by atoms with Crippen LogP contribution in [0.5, 0.6) is 5.75 Å². The quantitative estimate of drug-likeness (QED) is 0.400. The molecule has 40 heavy (non-hydrogen) atoms. The van der Waals surface area contributed by atoms with E-state index in [-0.39, 0.29) is 30.5 Å². The zero-order chi connectivity index (χ0) is 29.6. The van der Waals surface area contributed by atoms with Gasteiger partial charge in [-0.2, -0.15) is 10.1 Å². The molecule has 0 spiro atoms. The van der Waals surface area contributed by atoms with Crippen molar-refractivity contribution in [3.8, 4) is 5.75 Å². The number of methoxy groups -OCH3 is 1. The number of pyridine rings is 1. The summed E-state index contributed by atoms with van der Waals surface area (Å²) >= 11 is 1.20. The van der Waals surface area contributed by atoms with Crippen LogP contribution in [-0.4, -0.2) is 66.8 Å². The number of Topliss-reactive ketones (excluding diaryl/α,β-unsaturated/α-hetero) is 1. The fourth-order valence-electron chi connectivity index (χ4n) is 4.15. The molecule has 3 aromatic rings. The largest absolute Gasteiger partial charge is 0.496 e. The zero-order valence-electron chi connectivity index (χ0n) is 24.2. The smallest absolute Gasteiger partial charge is 0.427 e. The highest BCUT2D eigenvalue weighted by atomic mass is 32.2. The molecular weight excluding hydrogens is 536 g/mol. The van der Waals surface area contributed by atoms with Crippen LogP contribution in [0.2, 0.25) is 0 Å². The average molecular weight is 571 g/mol. The summed E-state index contributed by atoms with van der Waals surface area (Å²) in [6, 6.07) is 0. The third-order valence-electron chi connectivity index (χ3n) is 5.76. The summed E-state index contributed by atoms with van der Waals surface area (Å²) in [5.74, 6) is 0.604. The highest BCUT2D eigenvalue weighted by Crippen LogP contribution is 2.35. The summed E-state index contributed by atoms with van der Waals surface area (Å²) in [7, 11) is 1.60. The molecular formula is C27H34N6O6S. The molecule has 3 aromatic heterocycles. The lowest BCUT2D eigenvalue weighted by Gasteiger charge is -2.27. The van der Waals surface area contributed by atoms with Gasteiger partial charge in [0.25, 0.3) is 0 Å². The van der Waals surface area contributed by atoms with E-state index in [1.54, 1.807) is 59.5 Å². The van der Waals surface area contributed by atoms with Crippen LogP contribution in [0.3, 0.4) is 0 Å². The van der Waals surface area contributed by atoms with E-state index in [1.165, 1.54) is 11.8 Å². The van der Waals surface area contributed by atoms with Gasteiger partial charge in [0.05, 0.1) is 42.6 Å². The molecule has 2 amide bonds. The lowest BCUT2D eigenvalue weighted by molar-refractivity contribution is -0.116. The van der Waals surface area contributed by atoms with Crippen molar-refractivity contribution in [2.45, 2.75) is 84.6 Å². The monoisotopic (exact) mass is 570 g/mol. The molecule has 0 aromatic carbocycles. The Morgan fingerprint density at radius 2 is 1.68 bits per heavy atom. The second-order valence-corrected chi connectivity index (χ2v) is 12.4. The first kappa shape index (κ1) is 29.2. The predicted molar refractivity (Wildman–Crippen MR) is 149 cm³/mol. The number of carbonyl (C=O) groups excluding carboxylic acids is 3. The Labute approximate surface area is 236 Å². The maximum Gasteiger partial charge on any atom is 0.427 e. The van der Waals surface area contributed by atoms with Gasteiger partial charge in [-0.15, -0.1) is 4.90 Å². The predicted octanol–water partition coefficient (Wildman–Crippen LogP) is 4.79. The van der Waals surface area contributed by atoms with Crippen molar-refractivity contribution in [1.82, 2.24) is 24.7 Å². The van der Waals surface area contributed by atoms with E-state index in [1.807, 2.05) is 13.8 Å². The number of imide groups is 1. The van der Waals surface area contributed by atoms with Gasteiger partial charge in [0.15, 0.2) is 5.65 Å². The molecule has 0 bridgehead atoms. The summed E-state index contributed by atoms with van der Waals surface area (Å²) in [5.41, 5.74) is 1.47. The molecule has 4 heterocycles. The van der Waals surface area contributed by atoms with Gasteiger partial charge in [-0.05, 0) is 55.4 Å². The first-order valence-electron chi connectivity index (χ1n) is 12.7. The fourth-order valence-corrected chi connectivity index (χ4v) is 5.05. The Hall–Kier alpha value is -3.74. The van der Waals surface area contributed by atoms with Gasteiger partial charge < -0.3 is 14.2 Å². The maximum absolute atomic E-state index is 13.3. The third-order valence-corrected chi connectivity index (χ3v) is 6.79. The van der Waals surface area contributed by atoms with Crippen LogP contribution >= 0.6 is 11.8 Å². The standard InChI is InChI=1S/C27H34N6O6S/c1-14-11-28-18(15(2)20(14)37-9)12-32-21-19-17(31-32)10-16(34)13-40-22(19)30-23(29-21)33(24(35)38-26(3,4)5)25(36)39-27(6,7)8/h11H,10,12-13H2,1-9H3. The Morgan fingerprint density at radius 1 is 1.05 bits per heavy atom. The molecule has 0 N–H and O–H groups in total. The summed E-state index contributed by atoms with van der Waals surface area (Å²) in [6.07, 6.45) is -0.155. The maximum atomic E-state index is 13.3. The van der Waals surface area contributed by atoms with Gasteiger partial charge in [-0.1, -0.05) is 11.8 Å². The van der Waals surface area contributed by atoms with E-state index in [2.05, 4.69) is 15.0 Å². The second kappa shape index (κ2) is 10.7. The number of carbonyl (C=O) groups is 3. The van der Waals surface area contributed by atoms with Crippen molar-refractivity contribution in [2.24, 2.45) is 0 Å². The van der Waals surface area contributed by atoms with E-state index in [4.69, 9.17) is 19.3 Å². The number of nitrogens with zero attached hydrogens (tertiary/aromatic N) is 6. The molecule has 0 saturated heterocycles. The number of aromatic nitrogens is 5. The van der Waals surface area contributed by atoms with Gasteiger partial charge >= 0.3 is 12.2 Å². The molecule has 4 rings (SSSR count). The highest BCUT2D eigenvalue weighted by Gasteiger charge is 2.36. The summed E-state index contributed by atoms with van der Waals surface area (Å²) in [6.45, 7) is 14.1. The Kier molecular flexibility index (Phi) is 7.81. The molecule has 0 radical (unpaired) electrons. The van der Waals surface area contributed by atoms with Crippen molar-refractivity contribution < 1.29 is 28.6 Å². The van der Waals surface area contributed by atoms with E-state index in [0.29, 0.717) is 38.1 Å². The number of thioether (sulfide) groups is 1. The Balaban J connectivity index is 1.91. The summed E-state index contributed by atoms with van der Waals surface area (Å²) in [4.78, 5) is 53.6. The van der Waals surface area contributed by atoms with E-state index < -0.39 is 23.4 Å². The number of rotatable bonds is 4. The summed E-state index contributed by atoms with van der Waals surface area (Å²) < 4.78 is 18.2. The first-order valence-corrected chi connectivity index (χ1v) is 13.7. The van der Waals surface area contributed by atoms with Crippen LogP contribution in [0.1, 0.15) is 64.1 Å². The molecule has 0 aliphatic carbocycles. The number of aryl methyl sites for hydroxylation is 1.